The first-order valence-electron chi connectivity index (χ1n) is 14.3. The van der Waals surface area contributed by atoms with Gasteiger partial charge in [-0.15, -0.1) is 0 Å². The van der Waals surface area contributed by atoms with E-state index in [1.165, 1.54) is 5.56 Å². The monoisotopic (exact) mass is 564 g/mol. The van der Waals surface area contributed by atoms with Gasteiger partial charge in [0.05, 0.1) is 18.3 Å². The second-order valence-electron chi connectivity index (χ2n) is 11.3. The second-order valence-corrected chi connectivity index (χ2v) is 11.3. The van der Waals surface area contributed by atoms with Crippen LogP contribution in [0.2, 0.25) is 0 Å². The van der Waals surface area contributed by atoms with Gasteiger partial charge in [0, 0.05) is 56.6 Å². The number of nitrogens with zero attached hydrogens (tertiary/aromatic N) is 3. The van der Waals surface area contributed by atoms with Crippen LogP contribution in [0.3, 0.4) is 0 Å². The van der Waals surface area contributed by atoms with Crippen molar-refractivity contribution in [2.24, 2.45) is 5.92 Å². The minimum atomic E-state index is -2.91. The molecule has 220 valence electrons. The summed E-state index contributed by atoms with van der Waals surface area (Å²) in [6, 6.07) is 4.07. The average Bonchev–Trinajstić information content (AvgIpc) is 3.40. The van der Waals surface area contributed by atoms with Gasteiger partial charge in [-0.2, -0.15) is 0 Å². The van der Waals surface area contributed by atoms with Crippen molar-refractivity contribution < 1.29 is 32.9 Å². The number of aromatic nitrogens is 2. The largest absolute Gasteiger partial charge is 0.474 e. The van der Waals surface area contributed by atoms with Gasteiger partial charge in [0.25, 0.3) is 5.92 Å². The van der Waals surface area contributed by atoms with Crippen LogP contribution in [0.15, 0.2) is 24.4 Å². The Bertz CT molecular complexity index is 1150. The Hall–Kier alpha value is -2.47. The Morgan fingerprint density at radius 3 is 2.80 bits per heavy atom. The van der Waals surface area contributed by atoms with Crippen molar-refractivity contribution >= 4 is 5.82 Å². The molecule has 0 spiro atoms. The number of hydrogen-bond donors (Lipinski definition) is 3. The molecule has 2 aromatic rings. The van der Waals surface area contributed by atoms with Crippen LogP contribution < -0.4 is 10.1 Å². The average molecular weight is 565 g/mol. The number of aliphatic hydroxyl groups excluding tert-OH is 1. The highest BCUT2D eigenvalue weighted by atomic mass is 19.3. The van der Waals surface area contributed by atoms with Crippen LogP contribution >= 0.6 is 0 Å². The molecule has 2 atom stereocenters. The van der Waals surface area contributed by atoms with E-state index in [9.17, 15) is 14.6 Å². The van der Waals surface area contributed by atoms with E-state index in [4.69, 9.17) is 9.47 Å². The third kappa shape index (κ3) is 6.70. The fourth-order valence-electron chi connectivity index (χ4n) is 6.03. The lowest BCUT2D eigenvalue weighted by atomic mass is 9.92. The minimum absolute atomic E-state index is 0.0432. The number of unbranched alkanes of at least 4 members (excludes halogenated alkanes) is 1. The molecule has 2 fully saturated rings. The molecule has 8 nitrogen and oxygen atoms in total. The molecule has 3 aliphatic rings. The van der Waals surface area contributed by atoms with E-state index < -0.39 is 30.0 Å². The molecule has 2 aliphatic heterocycles. The van der Waals surface area contributed by atoms with Crippen molar-refractivity contribution in [3.8, 4) is 5.88 Å². The van der Waals surface area contributed by atoms with Crippen LogP contribution in [0.1, 0.15) is 67.8 Å². The van der Waals surface area contributed by atoms with Crippen LogP contribution in [0.5, 0.6) is 5.88 Å². The molecule has 1 unspecified atom stereocenters. The second kappa shape index (κ2) is 12.6. The quantitative estimate of drug-likeness (QED) is 0.260. The molecule has 0 bridgehead atoms. The molecular weight excluding hydrogens is 525 g/mol. The molecule has 0 aromatic carbocycles. The molecule has 1 saturated carbocycles. The number of nitrogens with one attached hydrogen (secondary N) is 1. The third-order valence-corrected chi connectivity index (χ3v) is 8.46. The number of likely N-dealkylation sites (tertiary alicyclic amines) is 1. The summed E-state index contributed by atoms with van der Waals surface area (Å²) in [6.45, 7) is 1.08. The van der Waals surface area contributed by atoms with E-state index in [1.54, 1.807) is 12.0 Å². The Morgan fingerprint density at radius 1 is 1.20 bits per heavy atom. The van der Waals surface area contributed by atoms with Crippen LogP contribution in [0.25, 0.3) is 0 Å². The molecule has 1 saturated heterocycles. The first-order chi connectivity index (χ1) is 19.2. The summed E-state index contributed by atoms with van der Waals surface area (Å²) in [6.07, 6.45) is 3.88. The summed E-state index contributed by atoms with van der Waals surface area (Å²) in [7, 11) is 1.62. The highest BCUT2D eigenvalue weighted by Crippen LogP contribution is 2.42. The van der Waals surface area contributed by atoms with Gasteiger partial charge >= 0.3 is 0 Å². The maximum Gasteiger partial charge on any atom is 0.252 e. The highest BCUT2D eigenvalue weighted by Gasteiger charge is 2.46. The topological polar surface area (TPSA) is 100.0 Å². The zero-order valence-electron chi connectivity index (χ0n) is 22.9. The van der Waals surface area contributed by atoms with Gasteiger partial charge in [0.1, 0.15) is 17.7 Å². The number of ether oxygens (including phenoxy) is 2. The van der Waals surface area contributed by atoms with Crippen molar-refractivity contribution in [3.63, 3.8) is 0 Å². The Labute approximate surface area is 232 Å². The number of alkyl halides is 2. The normalized spacial score (nSPS) is 23.9. The van der Waals surface area contributed by atoms with Gasteiger partial charge in [0.15, 0.2) is 6.29 Å². The van der Waals surface area contributed by atoms with Crippen molar-refractivity contribution in [1.82, 2.24) is 14.9 Å². The summed E-state index contributed by atoms with van der Waals surface area (Å²) < 4.78 is 55.9. The first-order valence-corrected chi connectivity index (χ1v) is 14.3. The van der Waals surface area contributed by atoms with E-state index in [-0.39, 0.29) is 49.6 Å². The smallest absolute Gasteiger partial charge is 0.252 e. The minimum Gasteiger partial charge on any atom is -0.474 e. The molecule has 2 aromatic heterocycles. The molecule has 3 N–H and O–H groups in total. The zero-order valence-corrected chi connectivity index (χ0v) is 22.9. The lowest BCUT2D eigenvalue weighted by molar-refractivity contribution is -0.107. The lowest BCUT2D eigenvalue weighted by Gasteiger charge is -2.36. The summed E-state index contributed by atoms with van der Waals surface area (Å²) in [5.74, 6) is -3.53. The number of halogens is 3. The fourth-order valence-corrected chi connectivity index (χ4v) is 6.03. The van der Waals surface area contributed by atoms with E-state index in [1.807, 2.05) is 6.07 Å². The van der Waals surface area contributed by atoms with E-state index in [2.05, 4.69) is 21.4 Å². The third-order valence-electron chi connectivity index (χ3n) is 8.46. The molecule has 40 heavy (non-hydrogen) atoms. The van der Waals surface area contributed by atoms with Gasteiger partial charge < -0.3 is 25.0 Å². The predicted octanol–water partition coefficient (Wildman–Crippen LogP) is 4.25. The van der Waals surface area contributed by atoms with Crippen molar-refractivity contribution in [3.05, 3.63) is 47.0 Å². The van der Waals surface area contributed by atoms with Crippen molar-refractivity contribution in [2.45, 2.75) is 88.2 Å². The van der Waals surface area contributed by atoms with E-state index in [0.717, 1.165) is 43.2 Å². The summed E-state index contributed by atoms with van der Waals surface area (Å²) in [5.41, 5.74) is 2.26. The number of hydrogen-bond acceptors (Lipinski definition) is 8. The summed E-state index contributed by atoms with van der Waals surface area (Å²) in [4.78, 5) is 10.3. The number of fused-ring (bicyclic) bond motifs is 1. The maximum atomic E-state index is 15.3. The maximum absolute atomic E-state index is 15.3. The number of aliphatic hydroxyl groups is 2. The van der Waals surface area contributed by atoms with Gasteiger partial charge in [0.2, 0.25) is 5.88 Å². The SMILES string of the molecule is CO[C@H]1C[C@H](Oc2ncc(F)cc2C(C(O)O)N2CC[C@@H](C(F)(F)CCCCc3ccc4c(n3)NCCC4)C2)C1. The van der Waals surface area contributed by atoms with Gasteiger partial charge in [-0.3, -0.25) is 4.90 Å². The van der Waals surface area contributed by atoms with E-state index >= 15 is 8.78 Å². The van der Waals surface area contributed by atoms with Crippen LogP contribution in [-0.4, -0.2) is 76.2 Å². The highest BCUT2D eigenvalue weighted by molar-refractivity contribution is 5.47. The number of anilines is 1. The van der Waals surface area contributed by atoms with E-state index in [0.29, 0.717) is 32.1 Å². The molecule has 11 heteroatoms. The van der Waals surface area contributed by atoms with Crippen molar-refractivity contribution in [2.75, 3.05) is 32.1 Å². The molecule has 0 radical (unpaired) electrons. The molecule has 4 heterocycles. The fraction of sp³-hybridized carbons (Fsp3) is 0.655. The summed E-state index contributed by atoms with van der Waals surface area (Å²) >= 11 is 0. The number of methoxy groups -OCH3 is 1. The lowest BCUT2D eigenvalue weighted by Crippen LogP contribution is -2.40. The molecule has 5 rings (SSSR count). The van der Waals surface area contributed by atoms with Gasteiger partial charge in [-0.25, -0.2) is 23.1 Å². The Kier molecular flexibility index (Phi) is 9.14. The molecule has 0 amide bonds. The van der Waals surface area contributed by atoms with Crippen LogP contribution in [0.4, 0.5) is 19.0 Å². The number of pyridine rings is 2. The van der Waals surface area contributed by atoms with Gasteiger partial charge in [-0.05, 0) is 62.8 Å². The molecular formula is C29H39F3N4O4. The zero-order chi connectivity index (χ0) is 28.3. The first kappa shape index (κ1) is 29.0. The Balaban J connectivity index is 1.17. The summed E-state index contributed by atoms with van der Waals surface area (Å²) in [5, 5.41) is 23.8. The number of aryl methyl sites for hydroxylation is 2. The molecule has 1 aliphatic carbocycles. The standard InChI is InChI=1S/C29H39F3N4O4/c1-39-22-14-23(15-22)40-27-24(13-20(30)16-34-27)25(28(37)38)36-12-9-19(17-36)29(31,32)10-3-2-6-21-8-7-18-5-4-11-33-26(18)35-21/h7-8,13,16,19,22-23,25,28,37-38H,2-6,9-12,14-15,17H2,1H3,(H,33,35)/t19-,22-,23-,25?/m1/s1. The number of rotatable bonds is 12. The van der Waals surface area contributed by atoms with Crippen LogP contribution in [-0.2, 0) is 17.6 Å². The Morgan fingerprint density at radius 2 is 2.02 bits per heavy atom. The van der Waals surface area contributed by atoms with Gasteiger partial charge in [-0.1, -0.05) is 6.07 Å². The predicted molar refractivity (Wildman–Crippen MR) is 143 cm³/mol. The van der Waals surface area contributed by atoms with Crippen LogP contribution in [0, 0.1) is 11.7 Å². The van der Waals surface area contributed by atoms with Crippen molar-refractivity contribution in [1.29, 1.82) is 0 Å².